The van der Waals surface area contributed by atoms with E-state index in [0.29, 0.717) is 12.2 Å². The third kappa shape index (κ3) is 3.49. The Bertz CT molecular complexity index is 557. The van der Waals surface area contributed by atoms with Gasteiger partial charge in [-0.2, -0.15) is 0 Å². The summed E-state index contributed by atoms with van der Waals surface area (Å²) in [5.41, 5.74) is 2.92. The highest BCUT2D eigenvalue weighted by molar-refractivity contribution is 5.39. The lowest BCUT2D eigenvalue weighted by Gasteiger charge is -2.35. The number of benzene rings is 2. The Kier molecular flexibility index (Phi) is 4.19. The summed E-state index contributed by atoms with van der Waals surface area (Å²) in [7, 11) is 0. The average Bonchev–Trinajstić information content (AvgIpc) is 3.51. The van der Waals surface area contributed by atoms with E-state index in [-0.39, 0.29) is 5.41 Å². The first-order valence-corrected chi connectivity index (χ1v) is 8.71. The van der Waals surface area contributed by atoms with Crippen molar-refractivity contribution in [2.24, 2.45) is 0 Å². The SMILES string of the molecule is c1ccc(C(CCC2CO2)(CCC2CO2)c2ccccc2)cc1. The standard InChI is InChI=1S/C21H24O2/c1-3-7-17(8-4-1)21(13-11-19-15-22-19,14-12-20-16-23-20)18-9-5-2-6-10-18/h1-10,19-20H,11-16H2. The maximum atomic E-state index is 5.49. The normalized spacial score (nSPS) is 22.8. The Labute approximate surface area is 138 Å². The first-order valence-electron chi connectivity index (χ1n) is 8.71. The van der Waals surface area contributed by atoms with Gasteiger partial charge in [-0.15, -0.1) is 0 Å². The van der Waals surface area contributed by atoms with Gasteiger partial charge < -0.3 is 9.47 Å². The fraction of sp³-hybridized carbons (Fsp3) is 0.429. The smallest absolute Gasteiger partial charge is 0.0810 e. The molecule has 120 valence electrons. The van der Waals surface area contributed by atoms with E-state index in [2.05, 4.69) is 60.7 Å². The maximum absolute atomic E-state index is 5.49. The summed E-state index contributed by atoms with van der Waals surface area (Å²) in [6.07, 6.45) is 5.49. The van der Waals surface area contributed by atoms with Crippen LogP contribution in [0.15, 0.2) is 60.7 Å². The van der Waals surface area contributed by atoms with Crippen LogP contribution in [0.5, 0.6) is 0 Å². The predicted octanol–water partition coefficient (Wildman–Crippen LogP) is 4.33. The quantitative estimate of drug-likeness (QED) is 0.678. The fourth-order valence-electron chi connectivity index (χ4n) is 3.67. The molecule has 2 atom stereocenters. The number of rotatable bonds is 8. The van der Waals surface area contributed by atoms with Gasteiger partial charge in [0.1, 0.15) is 0 Å². The zero-order chi connectivity index (χ0) is 15.5. The van der Waals surface area contributed by atoms with Gasteiger partial charge in [0.25, 0.3) is 0 Å². The van der Waals surface area contributed by atoms with Crippen LogP contribution in [0.2, 0.25) is 0 Å². The molecule has 23 heavy (non-hydrogen) atoms. The topological polar surface area (TPSA) is 25.1 Å². The second-order valence-electron chi connectivity index (χ2n) is 6.80. The third-order valence-electron chi connectivity index (χ3n) is 5.24. The molecule has 2 aliphatic rings. The molecular formula is C21H24O2. The highest BCUT2D eigenvalue weighted by Crippen LogP contribution is 2.43. The van der Waals surface area contributed by atoms with Crippen LogP contribution in [0, 0.1) is 0 Å². The number of hydrogen-bond acceptors (Lipinski definition) is 2. The molecule has 2 unspecified atom stereocenters. The van der Waals surface area contributed by atoms with E-state index in [1.165, 1.54) is 11.1 Å². The highest BCUT2D eigenvalue weighted by Gasteiger charge is 2.38. The Morgan fingerprint density at radius 1 is 0.696 bits per heavy atom. The second-order valence-corrected chi connectivity index (χ2v) is 6.80. The molecule has 0 aliphatic carbocycles. The number of epoxide rings is 2. The lowest BCUT2D eigenvalue weighted by molar-refractivity contribution is 0.327. The highest BCUT2D eigenvalue weighted by atomic mass is 16.6. The van der Waals surface area contributed by atoms with Crippen molar-refractivity contribution in [1.29, 1.82) is 0 Å². The molecule has 0 N–H and O–H groups in total. The molecule has 0 aromatic heterocycles. The van der Waals surface area contributed by atoms with Crippen LogP contribution in [0.4, 0.5) is 0 Å². The van der Waals surface area contributed by atoms with Crippen molar-refractivity contribution in [3.8, 4) is 0 Å². The zero-order valence-electron chi connectivity index (χ0n) is 13.5. The molecule has 4 rings (SSSR count). The first kappa shape index (κ1) is 14.9. The van der Waals surface area contributed by atoms with Crippen LogP contribution >= 0.6 is 0 Å². The Balaban J connectivity index is 1.70. The van der Waals surface area contributed by atoms with Crippen molar-refractivity contribution in [2.45, 2.75) is 43.3 Å². The fourth-order valence-corrected chi connectivity index (χ4v) is 3.67. The van der Waals surface area contributed by atoms with Gasteiger partial charge >= 0.3 is 0 Å². The molecule has 0 spiro atoms. The number of hydrogen-bond donors (Lipinski definition) is 0. The van der Waals surface area contributed by atoms with Crippen molar-refractivity contribution < 1.29 is 9.47 Å². The van der Waals surface area contributed by atoms with Crippen LogP contribution in [0.1, 0.15) is 36.8 Å². The van der Waals surface area contributed by atoms with Crippen LogP contribution < -0.4 is 0 Å². The van der Waals surface area contributed by atoms with E-state index in [1.54, 1.807) is 0 Å². The molecule has 2 aliphatic heterocycles. The molecule has 2 saturated heterocycles. The maximum Gasteiger partial charge on any atom is 0.0810 e. The van der Waals surface area contributed by atoms with Gasteiger partial charge in [0.15, 0.2) is 0 Å². The molecule has 2 nitrogen and oxygen atoms in total. The molecular weight excluding hydrogens is 284 g/mol. The largest absolute Gasteiger partial charge is 0.373 e. The van der Waals surface area contributed by atoms with Crippen LogP contribution in [0.25, 0.3) is 0 Å². The Morgan fingerprint density at radius 3 is 1.43 bits per heavy atom. The van der Waals surface area contributed by atoms with E-state index in [0.717, 1.165) is 38.9 Å². The predicted molar refractivity (Wildman–Crippen MR) is 91.6 cm³/mol. The van der Waals surface area contributed by atoms with Gasteiger partial charge in [0, 0.05) is 5.41 Å². The lowest BCUT2D eigenvalue weighted by Crippen LogP contribution is -2.29. The Hall–Kier alpha value is -1.64. The summed E-state index contributed by atoms with van der Waals surface area (Å²) in [6.45, 7) is 1.87. The molecule has 0 bridgehead atoms. The molecule has 2 heterocycles. The number of ether oxygens (including phenoxy) is 2. The first-order chi connectivity index (χ1) is 11.4. The van der Waals surface area contributed by atoms with E-state index >= 15 is 0 Å². The summed E-state index contributed by atoms with van der Waals surface area (Å²) >= 11 is 0. The lowest BCUT2D eigenvalue weighted by atomic mass is 9.68. The summed E-state index contributed by atoms with van der Waals surface area (Å²) in [6, 6.07) is 22.0. The summed E-state index contributed by atoms with van der Waals surface area (Å²) < 4.78 is 11.0. The minimum Gasteiger partial charge on any atom is -0.373 e. The molecule has 0 amide bonds. The van der Waals surface area contributed by atoms with Crippen molar-refractivity contribution in [3.63, 3.8) is 0 Å². The Morgan fingerprint density at radius 2 is 1.09 bits per heavy atom. The van der Waals surface area contributed by atoms with Crippen molar-refractivity contribution >= 4 is 0 Å². The van der Waals surface area contributed by atoms with E-state index < -0.39 is 0 Å². The van der Waals surface area contributed by atoms with Gasteiger partial charge in [-0.05, 0) is 36.8 Å². The van der Waals surface area contributed by atoms with Crippen LogP contribution in [-0.4, -0.2) is 25.4 Å². The van der Waals surface area contributed by atoms with Crippen molar-refractivity contribution in [1.82, 2.24) is 0 Å². The molecule has 0 radical (unpaired) electrons. The minimum atomic E-state index is 0.0699. The van der Waals surface area contributed by atoms with Gasteiger partial charge in [-0.3, -0.25) is 0 Å². The van der Waals surface area contributed by atoms with Gasteiger partial charge in [-0.25, -0.2) is 0 Å². The second kappa shape index (κ2) is 6.46. The molecule has 2 heteroatoms. The van der Waals surface area contributed by atoms with E-state index in [4.69, 9.17) is 9.47 Å². The van der Waals surface area contributed by atoms with Crippen molar-refractivity contribution in [2.75, 3.05) is 13.2 Å². The molecule has 2 aromatic rings. The average molecular weight is 308 g/mol. The van der Waals surface area contributed by atoms with E-state index in [9.17, 15) is 0 Å². The minimum absolute atomic E-state index is 0.0699. The summed E-state index contributed by atoms with van der Waals surface area (Å²) in [5, 5.41) is 0. The zero-order valence-corrected chi connectivity index (χ0v) is 13.5. The molecule has 2 aromatic carbocycles. The third-order valence-corrected chi connectivity index (χ3v) is 5.24. The van der Waals surface area contributed by atoms with Gasteiger partial charge in [0.2, 0.25) is 0 Å². The molecule has 2 fully saturated rings. The monoisotopic (exact) mass is 308 g/mol. The summed E-state index contributed by atoms with van der Waals surface area (Å²) in [4.78, 5) is 0. The van der Waals surface area contributed by atoms with Crippen LogP contribution in [-0.2, 0) is 14.9 Å². The van der Waals surface area contributed by atoms with Gasteiger partial charge in [-0.1, -0.05) is 60.7 Å². The van der Waals surface area contributed by atoms with Crippen LogP contribution in [0.3, 0.4) is 0 Å². The van der Waals surface area contributed by atoms with Gasteiger partial charge in [0.05, 0.1) is 25.4 Å². The summed E-state index contributed by atoms with van der Waals surface area (Å²) in [5.74, 6) is 0. The van der Waals surface area contributed by atoms with Crippen molar-refractivity contribution in [3.05, 3.63) is 71.8 Å². The van der Waals surface area contributed by atoms with E-state index in [1.807, 2.05) is 0 Å². The molecule has 0 saturated carbocycles.